The highest BCUT2D eigenvalue weighted by atomic mass is 32.2. The quantitative estimate of drug-likeness (QED) is 0.455. The van der Waals surface area contributed by atoms with Crippen molar-refractivity contribution in [1.82, 2.24) is 15.5 Å². The maximum atomic E-state index is 12.3. The second kappa shape index (κ2) is 10.5. The molecule has 1 aliphatic heterocycles. The average molecular weight is 377 g/mol. The number of rotatable bonds is 6. The zero-order valence-electron chi connectivity index (χ0n) is 16.5. The number of guanidine groups is 1. The molecule has 1 atom stereocenters. The van der Waals surface area contributed by atoms with Crippen molar-refractivity contribution in [3.8, 4) is 0 Å². The first-order valence-electron chi connectivity index (χ1n) is 9.39. The minimum atomic E-state index is 0.239. The summed E-state index contributed by atoms with van der Waals surface area (Å²) in [6.07, 6.45) is 4.96. The lowest BCUT2D eigenvalue weighted by molar-refractivity contribution is -0.132. The predicted octanol–water partition coefficient (Wildman–Crippen LogP) is 3.03. The summed E-state index contributed by atoms with van der Waals surface area (Å²) in [7, 11) is 1.76. The van der Waals surface area contributed by atoms with Crippen LogP contribution >= 0.6 is 11.8 Å². The van der Waals surface area contributed by atoms with Crippen LogP contribution in [0, 0.1) is 12.8 Å². The van der Waals surface area contributed by atoms with Gasteiger partial charge >= 0.3 is 0 Å². The van der Waals surface area contributed by atoms with Crippen molar-refractivity contribution in [2.75, 3.05) is 32.9 Å². The molecule has 0 aliphatic carbocycles. The van der Waals surface area contributed by atoms with E-state index in [0.717, 1.165) is 25.5 Å². The molecule has 0 bridgehead atoms. The van der Waals surface area contributed by atoms with Crippen molar-refractivity contribution in [3.05, 3.63) is 29.3 Å². The smallest absolute Gasteiger partial charge is 0.224 e. The van der Waals surface area contributed by atoms with Crippen molar-refractivity contribution in [2.24, 2.45) is 10.9 Å². The molecule has 1 aliphatic rings. The molecule has 2 rings (SSSR count). The van der Waals surface area contributed by atoms with Crippen LogP contribution in [0.2, 0.25) is 0 Å². The third-order valence-electron chi connectivity index (χ3n) is 4.75. The molecule has 26 heavy (non-hydrogen) atoms. The number of carbonyl (C=O) groups excluding carboxylic acids is 1. The van der Waals surface area contributed by atoms with Gasteiger partial charge in [0, 0.05) is 44.5 Å². The van der Waals surface area contributed by atoms with Crippen LogP contribution in [0.4, 0.5) is 0 Å². The molecule has 1 aromatic rings. The van der Waals surface area contributed by atoms with Crippen LogP contribution < -0.4 is 10.6 Å². The number of amides is 1. The fraction of sp³-hybridized carbons (Fsp3) is 0.600. The van der Waals surface area contributed by atoms with Crippen LogP contribution in [-0.4, -0.2) is 49.7 Å². The molecule has 0 radical (unpaired) electrons. The minimum Gasteiger partial charge on any atom is -0.356 e. The molecule has 6 heteroatoms. The molecule has 0 aromatic heterocycles. The minimum absolute atomic E-state index is 0.239. The van der Waals surface area contributed by atoms with Gasteiger partial charge in [0.05, 0.1) is 0 Å². The Bertz CT molecular complexity index is 632. The molecule has 5 nitrogen and oxygen atoms in total. The fourth-order valence-electron chi connectivity index (χ4n) is 3.26. The molecule has 144 valence electrons. The number of piperidine rings is 1. The fourth-order valence-corrected chi connectivity index (χ4v) is 3.97. The van der Waals surface area contributed by atoms with Gasteiger partial charge in [-0.05, 0) is 49.1 Å². The van der Waals surface area contributed by atoms with Gasteiger partial charge in [0.25, 0.3) is 0 Å². The number of carbonyl (C=O) groups is 1. The standard InChI is InChI=1S/C20H32N4OS/c1-15-7-8-17(18(12-15)26-4)13-23-20(21-3)22-10-9-19(25)24-11-5-6-16(2)14-24/h7-8,12,16H,5-6,9-11,13-14H2,1-4H3,(H2,21,22,23). The Hall–Kier alpha value is -1.69. The zero-order chi connectivity index (χ0) is 18.9. The topological polar surface area (TPSA) is 56.7 Å². The van der Waals surface area contributed by atoms with Crippen LogP contribution in [0.1, 0.15) is 37.3 Å². The van der Waals surface area contributed by atoms with E-state index in [2.05, 4.69) is 53.9 Å². The van der Waals surface area contributed by atoms with Gasteiger partial charge in [-0.1, -0.05) is 19.1 Å². The van der Waals surface area contributed by atoms with Gasteiger partial charge in [-0.3, -0.25) is 9.79 Å². The Morgan fingerprint density at radius 2 is 2.19 bits per heavy atom. The third kappa shape index (κ3) is 6.24. The summed E-state index contributed by atoms with van der Waals surface area (Å²) in [6.45, 7) is 7.45. The van der Waals surface area contributed by atoms with Crippen molar-refractivity contribution in [3.63, 3.8) is 0 Å². The Labute approximate surface area is 162 Å². The molecular formula is C20H32N4OS. The summed E-state index contributed by atoms with van der Waals surface area (Å²) < 4.78 is 0. The summed E-state index contributed by atoms with van der Waals surface area (Å²) in [4.78, 5) is 19.9. The molecule has 2 N–H and O–H groups in total. The summed E-state index contributed by atoms with van der Waals surface area (Å²) in [5.41, 5.74) is 2.52. The normalized spacial score (nSPS) is 17.9. The second-order valence-corrected chi connectivity index (χ2v) is 7.85. The highest BCUT2D eigenvalue weighted by Crippen LogP contribution is 2.21. The number of hydrogen-bond donors (Lipinski definition) is 2. The van der Waals surface area contributed by atoms with E-state index in [0.29, 0.717) is 25.4 Å². The maximum Gasteiger partial charge on any atom is 0.224 e. The summed E-state index contributed by atoms with van der Waals surface area (Å²) in [5, 5.41) is 6.60. The van der Waals surface area contributed by atoms with Crippen molar-refractivity contribution < 1.29 is 4.79 Å². The Morgan fingerprint density at radius 1 is 1.38 bits per heavy atom. The van der Waals surface area contributed by atoms with E-state index in [-0.39, 0.29) is 5.91 Å². The van der Waals surface area contributed by atoms with Gasteiger partial charge in [-0.2, -0.15) is 0 Å². The Morgan fingerprint density at radius 3 is 2.88 bits per heavy atom. The number of thioether (sulfide) groups is 1. The Balaban J connectivity index is 1.77. The molecule has 1 saturated heterocycles. The number of nitrogens with one attached hydrogen (secondary N) is 2. The van der Waals surface area contributed by atoms with Gasteiger partial charge in [-0.15, -0.1) is 11.8 Å². The van der Waals surface area contributed by atoms with Crippen LogP contribution in [-0.2, 0) is 11.3 Å². The largest absolute Gasteiger partial charge is 0.356 e. The van der Waals surface area contributed by atoms with Crippen LogP contribution in [0.5, 0.6) is 0 Å². The van der Waals surface area contributed by atoms with E-state index in [9.17, 15) is 4.79 Å². The summed E-state index contributed by atoms with van der Waals surface area (Å²) >= 11 is 1.76. The Kier molecular flexibility index (Phi) is 8.29. The van der Waals surface area contributed by atoms with Gasteiger partial charge in [0.2, 0.25) is 5.91 Å². The number of aliphatic imine (C=N–C) groups is 1. The average Bonchev–Trinajstić information content (AvgIpc) is 2.65. The molecule has 0 saturated carbocycles. The van der Waals surface area contributed by atoms with E-state index in [1.807, 2.05) is 4.90 Å². The van der Waals surface area contributed by atoms with Crippen molar-refractivity contribution in [1.29, 1.82) is 0 Å². The number of likely N-dealkylation sites (tertiary alicyclic amines) is 1. The lowest BCUT2D eigenvalue weighted by Crippen LogP contribution is -2.42. The predicted molar refractivity (Wildman–Crippen MR) is 111 cm³/mol. The first-order chi connectivity index (χ1) is 12.5. The maximum absolute atomic E-state index is 12.3. The van der Waals surface area contributed by atoms with E-state index in [1.54, 1.807) is 18.8 Å². The molecule has 0 spiro atoms. The van der Waals surface area contributed by atoms with Gasteiger partial charge < -0.3 is 15.5 Å². The molecule has 1 fully saturated rings. The molecule has 1 heterocycles. The number of nitrogens with zero attached hydrogens (tertiary/aromatic N) is 2. The van der Waals surface area contributed by atoms with Gasteiger partial charge in [0.1, 0.15) is 0 Å². The van der Waals surface area contributed by atoms with Crippen LogP contribution in [0.3, 0.4) is 0 Å². The molecule has 1 amide bonds. The highest BCUT2D eigenvalue weighted by Gasteiger charge is 2.20. The highest BCUT2D eigenvalue weighted by molar-refractivity contribution is 7.98. The first-order valence-corrected chi connectivity index (χ1v) is 10.6. The second-order valence-electron chi connectivity index (χ2n) is 7.00. The number of hydrogen-bond acceptors (Lipinski definition) is 3. The molecular weight excluding hydrogens is 344 g/mol. The molecule has 1 unspecified atom stereocenters. The monoisotopic (exact) mass is 376 g/mol. The lowest BCUT2D eigenvalue weighted by Gasteiger charge is -2.31. The number of aryl methyl sites for hydroxylation is 1. The van der Waals surface area contributed by atoms with Crippen molar-refractivity contribution in [2.45, 2.75) is 44.6 Å². The van der Waals surface area contributed by atoms with Gasteiger partial charge in [-0.25, -0.2) is 0 Å². The summed E-state index contributed by atoms with van der Waals surface area (Å²) in [5.74, 6) is 1.59. The van der Waals surface area contributed by atoms with Crippen molar-refractivity contribution >= 4 is 23.6 Å². The van der Waals surface area contributed by atoms with Gasteiger partial charge in [0.15, 0.2) is 5.96 Å². The van der Waals surface area contributed by atoms with E-state index < -0.39 is 0 Å². The van der Waals surface area contributed by atoms with E-state index >= 15 is 0 Å². The zero-order valence-corrected chi connectivity index (χ0v) is 17.3. The third-order valence-corrected chi connectivity index (χ3v) is 5.57. The molecule has 1 aromatic carbocycles. The summed E-state index contributed by atoms with van der Waals surface area (Å²) in [6, 6.07) is 6.49. The lowest BCUT2D eigenvalue weighted by atomic mass is 10.00. The van der Waals surface area contributed by atoms with Crippen LogP contribution in [0.15, 0.2) is 28.1 Å². The number of benzene rings is 1. The van der Waals surface area contributed by atoms with Crippen LogP contribution in [0.25, 0.3) is 0 Å². The van der Waals surface area contributed by atoms with E-state index in [4.69, 9.17) is 0 Å². The van der Waals surface area contributed by atoms with E-state index in [1.165, 1.54) is 22.4 Å². The first kappa shape index (κ1) is 20.6. The SMILES string of the molecule is CN=C(NCCC(=O)N1CCCC(C)C1)NCc1ccc(C)cc1SC.